The van der Waals surface area contributed by atoms with Gasteiger partial charge in [-0.05, 0) is 17.9 Å². The number of methoxy groups -OCH3 is 1. The zero-order valence-electron chi connectivity index (χ0n) is 7.88. The molecule has 78 valence electrons. The number of hydrogen-bond donors (Lipinski definition) is 1. The van der Waals surface area contributed by atoms with Crippen molar-refractivity contribution in [3.63, 3.8) is 0 Å². The van der Waals surface area contributed by atoms with Crippen LogP contribution in [0.3, 0.4) is 0 Å². The monoisotopic (exact) mass is 325 g/mol. The van der Waals surface area contributed by atoms with Crippen molar-refractivity contribution in [2.75, 3.05) is 18.1 Å². The first-order valence-electron chi connectivity index (χ1n) is 4.25. The van der Waals surface area contributed by atoms with Crippen molar-refractivity contribution < 1.29 is 9.53 Å². The second-order valence-corrected chi connectivity index (χ2v) is 4.61. The molecule has 1 aromatic rings. The van der Waals surface area contributed by atoms with Gasteiger partial charge < -0.3 is 10.1 Å². The summed E-state index contributed by atoms with van der Waals surface area (Å²) in [5.74, 6) is 0.615. The van der Waals surface area contributed by atoms with Gasteiger partial charge in [-0.3, -0.25) is 4.79 Å². The van der Waals surface area contributed by atoms with Gasteiger partial charge in [0.05, 0.1) is 7.11 Å². The minimum absolute atomic E-state index is 0.0401. The number of carbonyl (C=O) groups is 1. The second-order valence-electron chi connectivity index (χ2n) is 2.62. The Labute approximate surface area is 101 Å². The van der Waals surface area contributed by atoms with E-state index in [2.05, 4.69) is 27.9 Å². The van der Waals surface area contributed by atoms with E-state index in [0.29, 0.717) is 10.6 Å². The molecule has 0 bridgehead atoms. The Morgan fingerprint density at radius 1 is 1.71 bits per heavy atom. The number of amides is 1. The number of alkyl halides is 1. The van der Waals surface area contributed by atoms with Crippen LogP contribution in [0.15, 0.2) is 11.4 Å². The zero-order chi connectivity index (χ0) is 10.4. The molecule has 1 amide bonds. The number of thiophene rings is 1. The lowest BCUT2D eigenvalue weighted by Gasteiger charge is -2.03. The first kappa shape index (κ1) is 11.8. The van der Waals surface area contributed by atoms with Crippen molar-refractivity contribution in [3.05, 3.63) is 16.3 Å². The molecule has 0 spiro atoms. The molecule has 0 aliphatic heterocycles. The maximum Gasteiger partial charge on any atom is 0.265 e. The van der Waals surface area contributed by atoms with E-state index < -0.39 is 0 Å². The van der Waals surface area contributed by atoms with Crippen LogP contribution in [-0.4, -0.2) is 24.0 Å². The SMILES string of the molecule is COc1ccsc1C(=O)NCCCI. The summed E-state index contributed by atoms with van der Waals surface area (Å²) in [5, 5.41) is 4.70. The summed E-state index contributed by atoms with van der Waals surface area (Å²) in [6, 6.07) is 1.80. The van der Waals surface area contributed by atoms with Crippen molar-refractivity contribution in [2.24, 2.45) is 0 Å². The molecule has 1 aromatic heterocycles. The van der Waals surface area contributed by atoms with Crippen LogP contribution in [0.4, 0.5) is 0 Å². The summed E-state index contributed by atoms with van der Waals surface area (Å²) < 4.78 is 6.12. The average molecular weight is 325 g/mol. The highest BCUT2D eigenvalue weighted by molar-refractivity contribution is 14.1. The molecule has 0 radical (unpaired) electrons. The third kappa shape index (κ3) is 3.13. The molecule has 0 saturated heterocycles. The normalized spacial score (nSPS) is 9.86. The average Bonchev–Trinajstić information content (AvgIpc) is 2.65. The molecule has 0 saturated carbocycles. The van der Waals surface area contributed by atoms with E-state index in [4.69, 9.17) is 4.74 Å². The van der Waals surface area contributed by atoms with Crippen LogP contribution in [0.5, 0.6) is 5.75 Å². The van der Waals surface area contributed by atoms with Crippen molar-refractivity contribution in [1.82, 2.24) is 5.32 Å². The van der Waals surface area contributed by atoms with Gasteiger partial charge in [0.2, 0.25) is 0 Å². The lowest BCUT2D eigenvalue weighted by atomic mass is 10.4. The zero-order valence-corrected chi connectivity index (χ0v) is 10.9. The molecule has 0 aliphatic rings. The highest BCUT2D eigenvalue weighted by atomic mass is 127. The van der Waals surface area contributed by atoms with E-state index in [9.17, 15) is 4.79 Å². The predicted octanol–water partition coefficient (Wildman–Crippen LogP) is 2.31. The van der Waals surface area contributed by atoms with Crippen LogP contribution in [0.2, 0.25) is 0 Å². The Kier molecular flexibility index (Phi) is 5.24. The highest BCUT2D eigenvalue weighted by Crippen LogP contribution is 2.23. The van der Waals surface area contributed by atoms with Crippen molar-refractivity contribution >= 4 is 39.8 Å². The van der Waals surface area contributed by atoms with Gasteiger partial charge in [0.25, 0.3) is 5.91 Å². The summed E-state index contributed by atoms with van der Waals surface area (Å²) in [5.41, 5.74) is 0. The molecule has 5 heteroatoms. The summed E-state index contributed by atoms with van der Waals surface area (Å²) >= 11 is 3.69. The Hall–Kier alpha value is -0.300. The van der Waals surface area contributed by atoms with E-state index in [1.54, 1.807) is 13.2 Å². The fourth-order valence-electron chi connectivity index (χ4n) is 0.973. The Bertz CT molecular complexity index is 301. The molecular formula is C9H12INO2S. The van der Waals surface area contributed by atoms with Gasteiger partial charge in [0.1, 0.15) is 10.6 Å². The lowest BCUT2D eigenvalue weighted by molar-refractivity contribution is 0.0955. The first-order valence-corrected chi connectivity index (χ1v) is 6.65. The largest absolute Gasteiger partial charge is 0.495 e. The van der Waals surface area contributed by atoms with Crippen LogP contribution >= 0.6 is 33.9 Å². The lowest BCUT2D eigenvalue weighted by Crippen LogP contribution is -2.24. The third-order valence-electron chi connectivity index (χ3n) is 1.65. The van der Waals surface area contributed by atoms with Crippen LogP contribution in [0, 0.1) is 0 Å². The van der Waals surface area contributed by atoms with Crippen LogP contribution < -0.4 is 10.1 Å². The Morgan fingerprint density at radius 2 is 2.50 bits per heavy atom. The van der Waals surface area contributed by atoms with Crippen molar-refractivity contribution in [1.29, 1.82) is 0 Å². The Morgan fingerprint density at radius 3 is 3.14 bits per heavy atom. The quantitative estimate of drug-likeness (QED) is 0.513. The van der Waals surface area contributed by atoms with Crippen molar-refractivity contribution in [2.45, 2.75) is 6.42 Å². The molecule has 1 rings (SSSR count). The van der Waals surface area contributed by atoms with E-state index in [-0.39, 0.29) is 5.91 Å². The predicted molar refractivity (Wildman–Crippen MR) is 66.7 cm³/mol. The number of ether oxygens (including phenoxy) is 1. The number of nitrogens with one attached hydrogen (secondary N) is 1. The Balaban J connectivity index is 2.51. The third-order valence-corrected chi connectivity index (χ3v) is 3.31. The van der Waals surface area contributed by atoms with Gasteiger partial charge >= 0.3 is 0 Å². The fourth-order valence-corrected chi connectivity index (χ4v) is 2.13. The molecule has 1 heterocycles. The fraction of sp³-hybridized carbons (Fsp3) is 0.444. The van der Waals surface area contributed by atoms with Gasteiger partial charge in [0, 0.05) is 11.0 Å². The molecule has 0 aliphatic carbocycles. The van der Waals surface area contributed by atoms with E-state index >= 15 is 0 Å². The summed E-state index contributed by atoms with van der Waals surface area (Å²) in [6.07, 6.45) is 1.000. The van der Waals surface area contributed by atoms with Crippen LogP contribution in [-0.2, 0) is 0 Å². The maximum atomic E-state index is 11.6. The number of carbonyl (C=O) groups excluding carboxylic acids is 1. The van der Waals surface area contributed by atoms with Gasteiger partial charge in [-0.2, -0.15) is 0 Å². The van der Waals surface area contributed by atoms with Gasteiger partial charge in [-0.15, -0.1) is 11.3 Å². The van der Waals surface area contributed by atoms with Gasteiger partial charge in [-0.25, -0.2) is 0 Å². The molecule has 0 unspecified atom stereocenters. The maximum absolute atomic E-state index is 11.6. The highest BCUT2D eigenvalue weighted by Gasteiger charge is 2.12. The van der Waals surface area contributed by atoms with Crippen LogP contribution in [0.25, 0.3) is 0 Å². The molecule has 0 aromatic carbocycles. The van der Waals surface area contributed by atoms with Gasteiger partial charge in [0.15, 0.2) is 0 Å². The minimum Gasteiger partial charge on any atom is -0.495 e. The molecule has 14 heavy (non-hydrogen) atoms. The standard InChI is InChI=1S/C9H12INO2S/c1-13-7-3-6-14-8(7)9(12)11-5-2-4-10/h3,6H,2,4-5H2,1H3,(H,11,12). The number of halogens is 1. The topological polar surface area (TPSA) is 38.3 Å². The summed E-state index contributed by atoms with van der Waals surface area (Å²) in [7, 11) is 1.57. The molecule has 1 N–H and O–H groups in total. The van der Waals surface area contributed by atoms with Gasteiger partial charge in [-0.1, -0.05) is 22.6 Å². The summed E-state index contributed by atoms with van der Waals surface area (Å²) in [4.78, 5) is 12.2. The second kappa shape index (κ2) is 6.23. The number of rotatable bonds is 5. The summed E-state index contributed by atoms with van der Waals surface area (Å²) in [6.45, 7) is 0.725. The van der Waals surface area contributed by atoms with E-state index in [1.807, 2.05) is 5.38 Å². The van der Waals surface area contributed by atoms with Crippen LogP contribution in [0.1, 0.15) is 16.1 Å². The first-order chi connectivity index (χ1) is 6.79. The molecule has 0 fully saturated rings. The smallest absolute Gasteiger partial charge is 0.265 e. The number of hydrogen-bond acceptors (Lipinski definition) is 3. The van der Waals surface area contributed by atoms with E-state index in [1.165, 1.54) is 11.3 Å². The minimum atomic E-state index is -0.0401. The van der Waals surface area contributed by atoms with E-state index in [0.717, 1.165) is 17.4 Å². The molecular weight excluding hydrogens is 313 g/mol. The molecule has 3 nitrogen and oxygen atoms in total. The van der Waals surface area contributed by atoms with Crippen molar-refractivity contribution in [3.8, 4) is 5.75 Å². The molecule has 0 atom stereocenters.